The predicted molar refractivity (Wildman–Crippen MR) is 141 cm³/mol. The van der Waals surface area contributed by atoms with E-state index in [4.69, 9.17) is 4.74 Å². The molecule has 1 fully saturated rings. The van der Waals surface area contributed by atoms with E-state index < -0.39 is 22.0 Å². The van der Waals surface area contributed by atoms with Crippen LogP contribution in [0.25, 0.3) is 22.2 Å². The number of aromatic nitrogens is 1. The molecule has 0 unspecified atom stereocenters. The number of aliphatic hydroxyl groups excluding tert-OH is 1. The highest BCUT2D eigenvalue weighted by molar-refractivity contribution is 7.89. The molecular formula is C26H34N4O5S. The first-order valence-electron chi connectivity index (χ1n) is 12.1. The predicted octanol–water partition coefficient (Wildman–Crippen LogP) is 2.49. The van der Waals surface area contributed by atoms with Gasteiger partial charge in [0.15, 0.2) is 0 Å². The molecule has 1 aliphatic rings. The molecule has 2 aromatic carbocycles. The Morgan fingerprint density at radius 3 is 2.67 bits per heavy atom. The highest BCUT2D eigenvalue weighted by Crippen LogP contribution is 2.36. The Morgan fingerprint density at radius 1 is 1.19 bits per heavy atom. The van der Waals surface area contributed by atoms with E-state index in [1.54, 1.807) is 12.1 Å². The lowest BCUT2D eigenvalue weighted by molar-refractivity contribution is -0.121. The number of sulfonamides is 1. The molecule has 0 bridgehead atoms. The van der Waals surface area contributed by atoms with Gasteiger partial charge in [-0.05, 0) is 55.7 Å². The second-order valence-corrected chi connectivity index (χ2v) is 11.4. The Bertz CT molecular complexity index is 1330. The molecule has 10 heteroatoms. The number of methoxy groups -OCH3 is 1. The standard InChI is InChI=1S/C26H34N4O5S/c1-18-6-7-19-13-24(28-23(19)12-18)22-14-21(8-9-25(22)30-10-4-5-11-30)36(33,34)29(2)16-26(32)27-15-20(31)17-35-3/h6-9,12-14,20,28,31H,4-5,10-11,15-17H2,1-3H3,(H,27,32)/t20-/m1/s1. The van der Waals surface area contributed by atoms with Gasteiger partial charge in [-0.3, -0.25) is 4.79 Å². The van der Waals surface area contributed by atoms with Crippen LogP contribution in [0.1, 0.15) is 18.4 Å². The number of nitrogens with one attached hydrogen (secondary N) is 2. The molecule has 1 atom stereocenters. The third-order valence-corrected chi connectivity index (χ3v) is 8.25. The van der Waals surface area contributed by atoms with Crippen molar-refractivity contribution in [2.24, 2.45) is 0 Å². The van der Waals surface area contributed by atoms with Crippen molar-refractivity contribution in [2.45, 2.75) is 30.8 Å². The maximum absolute atomic E-state index is 13.4. The number of nitrogens with zero attached hydrogens (tertiary/aromatic N) is 2. The summed E-state index contributed by atoms with van der Waals surface area (Å²) in [5, 5.41) is 13.3. The van der Waals surface area contributed by atoms with Crippen molar-refractivity contribution in [3.63, 3.8) is 0 Å². The number of carbonyl (C=O) groups excluding carboxylic acids is 1. The lowest BCUT2D eigenvalue weighted by Gasteiger charge is -2.23. The number of aryl methyl sites for hydroxylation is 1. The van der Waals surface area contributed by atoms with Gasteiger partial charge in [-0.2, -0.15) is 4.31 Å². The van der Waals surface area contributed by atoms with E-state index in [2.05, 4.69) is 33.4 Å². The number of hydrogen-bond donors (Lipinski definition) is 3. The molecule has 1 aliphatic heterocycles. The molecular weight excluding hydrogens is 480 g/mol. The number of aromatic amines is 1. The lowest BCUT2D eigenvalue weighted by Crippen LogP contribution is -2.41. The van der Waals surface area contributed by atoms with Gasteiger partial charge in [-0.1, -0.05) is 12.1 Å². The minimum absolute atomic E-state index is 0.0188. The fourth-order valence-electron chi connectivity index (χ4n) is 4.52. The van der Waals surface area contributed by atoms with Gasteiger partial charge >= 0.3 is 0 Å². The number of ether oxygens (including phenoxy) is 1. The van der Waals surface area contributed by atoms with Crippen molar-refractivity contribution in [3.8, 4) is 11.3 Å². The topological polar surface area (TPSA) is 115 Å². The van der Waals surface area contributed by atoms with E-state index in [9.17, 15) is 18.3 Å². The quantitative estimate of drug-likeness (QED) is 0.383. The fraction of sp³-hybridized carbons (Fsp3) is 0.423. The molecule has 2 heterocycles. The summed E-state index contributed by atoms with van der Waals surface area (Å²) in [4.78, 5) is 18.2. The smallest absolute Gasteiger partial charge is 0.243 e. The molecule has 1 aromatic heterocycles. The van der Waals surface area contributed by atoms with Gasteiger partial charge in [0.2, 0.25) is 15.9 Å². The number of likely N-dealkylation sites (N-methyl/N-ethyl adjacent to an activating group) is 1. The Labute approximate surface area is 212 Å². The SMILES string of the molecule is COC[C@H](O)CNC(=O)CN(C)S(=O)(=O)c1ccc(N2CCCC2)c(-c2cc3ccc(C)cc3[nH]2)c1. The molecule has 0 spiro atoms. The van der Waals surface area contributed by atoms with Crippen molar-refractivity contribution in [3.05, 3.63) is 48.0 Å². The number of anilines is 1. The van der Waals surface area contributed by atoms with Crippen LogP contribution in [0.4, 0.5) is 5.69 Å². The van der Waals surface area contributed by atoms with Crippen LogP contribution in [0, 0.1) is 6.92 Å². The van der Waals surface area contributed by atoms with E-state index in [1.165, 1.54) is 14.2 Å². The number of carbonyl (C=O) groups is 1. The molecule has 36 heavy (non-hydrogen) atoms. The summed E-state index contributed by atoms with van der Waals surface area (Å²) in [6.45, 7) is 3.58. The van der Waals surface area contributed by atoms with E-state index >= 15 is 0 Å². The molecule has 3 aromatic rings. The second kappa shape index (κ2) is 11.0. The lowest BCUT2D eigenvalue weighted by atomic mass is 10.1. The second-order valence-electron chi connectivity index (χ2n) is 9.32. The molecule has 1 saturated heterocycles. The number of benzene rings is 2. The Morgan fingerprint density at radius 2 is 1.94 bits per heavy atom. The number of amides is 1. The summed E-state index contributed by atoms with van der Waals surface area (Å²) < 4.78 is 32.6. The largest absolute Gasteiger partial charge is 0.389 e. The minimum atomic E-state index is -3.94. The Balaban J connectivity index is 1.63. The van der Waals surface area contributed by atoms with Crippen LogP contribution in [0.3, 0.4) is 0 Å². The zero-order valence-electron chi connectivity index (χ0n) is 21.0. The van der Waals surface area contributed by atoms with Crippen LogP contribution < -0.4 is 10.2 Å². The van der Waals surface area contributed by atoms with Crippen molar-refractivity contribution in [2.75, 3.05) is 51.8 Å². The maximum Gasteiger partial charge on any atom is 0.243 e. The molecule has 0 saturated carbocycles. The van der Waals surface area contributed by atoms with Gasteiger partial charge < -0.3 is 25.0 Å². The zero-order chi connectivity index (χ0) is 25.9. The maximum atomic E-state index is 13.4. The van der Waals surface area contributed by atoms with E-state index in [0.717, 1.165) is 63.6 Å². The number of rotatable bonds is 10. The highest BCUT2D eigenvalue weighted by Gasteiger charge is 2.26. The van der Waals surface area contributed by atoms with Gasteiger partial charge in [0, 0.05) is 61.6 Å². The van der Waals surface area contributed by atoms with Crippen LogP contribution in [0.2, 0.25) is 0 Å². The summed E-state index contributed by atoms with van der Waals surface area (Å²) in [6, 6.07) is 13.4. The molecule has 0 radical (unpaired) electrons. The van der Waals surface area contributed by atoms with Crippen LogP contribution in [0.15, 0.2) is 47.4 Å². The van der Waals surface area contributed by atoms with E-state index in [0.29, 0.717) is 0 Å². The summed E-state index contributed by atoms with van der Waals surface area (Å²) in [5.74, 6) is -0.504. The molecule has 4 rings (SSSR count). The zero-order valence-corrected chi connectivity index (χ0v) is 21.8. The van der Waals surface area contributed by atoms with Crippen LogP contribution in [-0.4, -0.2) is 81.8 Å². The summed E-state index contributed by atoms with van der Waals surface area (Å²) in [7, 11) is -1.11. The number of aliphatic hydroxyl groups is 1. The summed E-state index contributed by atoms with van der Waals surface area (Å²) in [5.41, 5.74) is 4.79. The van der Waals surface area contributed by atoms with Crippen LogP contribution >= 0.6 is 0 Å². The number of H-pyrrole nitrogens is 1. The monoisotopic (exact) mass is 514 g/mol. The van der Waals surface area contributed by atoms with Gasteiger partial charge in [-0.25, -0.2) is 8.42 Å². The van der Waals surface area contributed by atoms with Crippen molar-refractivity contribution >= 4 is 32.5 Å². The first kappa shape index (κ1) is 26.2. The molecule has 3 N–H and O–H groups in total. The van der Waals surface area contributed by atoms with Crippen LogP contribution in [0.5, 0.6) is 0 Å². The van der Waals surface area contributed by atoms with Gasteiger partial charge in [0.1, 0.15) is 0 Å². The average Bonchev–Trinajstić information content (AvgIpc) is 3.52. The fourth-order valence-corrected chi connectivity index (χ4v) is 5.67. The van der Waals surface area contributed by atoms with E-state index in [1.807, 2.05) is 19.1 Å². The summed E-state index contributed by atoms with van der Waals surface area (Å²) in [6.07, 6.45) is 1.34. The third-order valence-electron chi connectivity index (χ3n) is 6.45. The van der Waals surface area contributed by atoms with Crippen molar-refractivity contribution in [1.29, 1.82) is 0 Å². The number of hydrogen-bond acceptors (Lipinski definition) is 6. The van der Waals surface area contributed by atoms with Crippen LogP contribution in [-0.2, 0) is 19.6 Å². The first-order valence-corrected chi connectivity index (χ1v) is 13.5. The average molecular weight is 515 g/mol. The molecule has 0 aliphatic carbocycles. The third kappa shape index (κ3) is 5.73. The van der Waals surface area contributed by atoms with E-state index in [-0.39, 0.29) is 24.6 Å². The molecule has 1 amide bonds. The first-order chi connectivity index (χ1) is 17.2. The summed E-state index contributed by atoms with van der Waals surface area (Å²) >= 11 is 0. The molecule has 9 nitrogen and oxygen atoms in total. The normalized spacial score (nSPS) is 15.1. The van der Waals surface area contributed by atoms with Gasteiger partial charge in [0.05, 0.1) is 24.2 Å². The van der Waals surface area contributed by atoms with Crippen molar-refractivity contribution < 1.29 is 23.1 Å². The van der Waals surface area contributed by atoms with Gasteiger partial charge in [0.25, 0.3) is 0 Å². The van der Waals surface area contributed by atoms with Crippen molar-refractivity contribution in [1.82, 2.24) is 14.6 Å². The molecule has 194 valence electrons. The van der Waals surface area contributed by atoms with Gasteiger partial charge in [-0.15, -0.1) is 0 Å². The Hall–Kier alpha value is -2.92. The number of fused-ring (bicyclic) bond motifs is 1. The Kier molecular flexibility index (Phi) is 7.99. The highest BCUT2D eigenvalue weighted by atomic mass is 32.2. The minimum Gasteiger partial charge on any atom is -0.389 e.